The third-order valence-corrected chi connectivity index (χ3v) is 5.00. The minimum Gasteiger partial charge on any atom is -0.375 e. The Morgan fingerprint density at radius 2 is 2.10 bits per heavy atom. The number of rotatable bonds is 7. The summed E-state index contributed by atoms with van der Waals surface area (Å²) in [5, 5.41) is 3.66. The van der Waals surface area contributed by atoms with E-state index in [9.17, 15) is 0 Å². The van der Waals surface area contributed by atoms with Crippen LogP contribution in [0.1, 0.15) is 65.2 Å². The molecule has 3 nitrogen and oxygen atoms in total. The molecule has 3 heteroatoms. The Kier molecular flexibility index (Phi) is 7.32. The van der Waals surface area contributed by atoms with Crippen molar-refractivity contribution < 1.29 is 4.74 Å². The molecular formula is C17H34N2O. The molecule has 1 N–H and O–H groups in total. The van der Waals surface area contributed by atoms with Gasteiger partial charge in [0.1, 0.15) is 0 Å². The van der Waals surface area contributed by atoms with Crippen LogP contribution in [0.4, 0.5) is 0 Å². The Hall–Kier alpha value is -0.120. The first-order valence-corrected chi connectivity index (χ1v) is 8.90. The smallest absolute Gasteiger partial charge is 0.0855 e. The molecule has 1 unspecified atom stereocenters. The van der Waals surface area contributed by atoms with Gasteiger partial charge >= 0.3 is 0 Å². The third kappa shape index (κ3) is 5.01. The Bertz CT molecular complexity index is 259. The number of nitrogens with zero attached hydrogens (tertiary/aromatic N) is 1. The van der Waals surface area contributed by atoms with Crippen LogP contribution in [0.5, 0.6) is 0 Å². The van der Waals surface area contributed by atoms with Crippen molar-refractivity contribution in [2.75, 3.05) is 26.2 Å². The summed E-state index contributed by atoms with van der Waals surface area (Å²) < 4.78 is 6.04. The highest BCUT2D eigenvalue weighted by Crippen LogP contribution is 2.21. The molecule has 0 spiro atoms. The van der Waals surface area contributed by atoms with Crippen molar-refractivity contribution in [1.82, 2.24) is 10.2 Å². The van der Waals surface area contributed by atoms with Crippen molar-refractivity contribution in [2.24, 2.45) is 0 Å². The second kappa shape index (κ2) is 9.01. The van der Waals surface area contributed by atoms with Crippen LogP contribution in [0.15, 0.2) is 0 Å². The predicted molar refractivity (Wildman–Crippen MR) is 85.2 cm³/mol. The molecular weight excluding hydrogens is 248 g/mol. The molecule has 0 saturated carbocycles. The van der Waals surface area contributed by atoms with Crippen molar-refractivity contribution in [2.45, 2.75) is 83.4 Å². The van der Waals surface area contributed by atoms with Crippen molar-refractivity contribution >= 4 is 0 Å². The van der Waals surface area contributed by atoms with E-state index in [1.807, 2.05) is 0 Å². The molecule has 2 aliphatic rings. The highest BCUT2D eigenvalue weighted by molar-refractivity contribution is 4.89. The maximum Gasteiger partial charge on any atom is 0.0855 e. The van der Waals surface area contributed by atoms with E-state index in [2.05, 4.69) is 24.1 Å². The summed E-state index contributed by atoms with van der Waals surface area (Å²) in [5.41, 5.74) is 0. The first-order valence-electron chi connectivity index (χ1n) is 8.90. The zero-order valence-corrected chi connectivity index (χ0v) is 13.6. The SMILES string of the molecule is CCCCCCCC(C)N1CC[C@H]2NCCCO[C@@H]2C1. The van der Waals surface area contributed by atoms with Crippen molar-refractivity contribution in [1.29, 1.82) is 0 Å². The van der Waals surface area contributed by atoms with E-state index in [1.54, 1.807) is 0 Å². The average molecular weight is 282 g/mol. The van der Waals surface area contributed by atoms with Gasteiger partial charge in [-0.15, -0.1) is 0 Å². The summed E-state index contributed by atoms with van der Waals surface area (Å²) in [6, 6.07) is 1.33. The van der Waals surface area contributed by atoms with Gasteiger partial charge in [0.25, 0.3) is 0 Å². The number of fused-ring (bicyclic) bond motifs is 1. The molecule has 3 atom stereocenters. The summed E-state index contributed by atoms with van der Waals surface area (Å²) in [7, 11) is 0. The van der Waals surface area contributed by atoms with Gasteiger partial charge in [-0.05, 0) is 32.7 Å². The van der Waals surface area contributed by atoms with E-state index in [0.717, 1.165) is 25.7 Å². The fourth-order valence-electron chi connectivity index (χ4n) is 3.56. The molecule has 2 heterocycles. The lowest BCUT2D eigenvalue weighted by Gasteiger charge is -2.40. The van der Waals surface area contributed by atoms with Gasteiger partial charge in [-0.2, -0.15) is 0 Å². The first kappa shape index (κ1) is 16.3. The van der Waals surface area contributed by atoms with Gasteiger partial charge in [0, 0.05) is 31.8 Å². The lowest BCUT2D eigenvalue weighted by atomic mass is 9.98. The number of unbranched alkanes of at least 4 members (excludes halogenated alkanes) is 4. The summed E-state index contributed by atoms with van der Waals surface area (Å²) >= 11 is 0. The van der Waals surface area contributed by atoms with Crippen molar-refractivity contribution in [3.63, 3.8) is 0 Å². The molecule has 0 aromatic rings. The van der Waals surface area contributed by atoms with E-state index in [-0.39, 0.29) is 0 Å². The van der Waals surface area contributed by atoms with Crippen LogP contribution in [-0.4, -0.2) is 49.3 Å². The minimum atomic E-state index is 0.425. The molecule has 0 aromatic heterocycles. The summed E-state index contributed by atoms with van der Waals surface area (Å²) in [6.07, 6.45) is 11.2. The average Bonchev–Trinajstić information content (AvgIpc) is 2.71. The van der Waals surface area contributed by atoms with Crippen LogP contribution in [-0.2, 0) is 4.74 Å². The van der Waals surface area contributed by atoms with Crippen LogP contribution in [0.3, 0.4) is 0 Å². The van der Waals surface area contributed by atoms with Crippen LogP contribution in [0.2, 0.25) is 0 Å². The Morgan fingerprint density at radius 3 is 2.95 bits per heavy atom. The van der Waals surface area contributed by atoms with Gasteiger partial charge in [-0.1, -0.05) is 39.0 Å². The highest BCUT2D eigenvalue weighted by Gasteiger charge is 2.32. The van der Waals surface area contributed by atoms with Gasteiger partial charge in [0.2, 0.25) is 0 Å². The molecule has 2 aliphatic heterocycles. The van der Waals surface area contributed by atoms with Gasteiger partial charge < -0.3 is 10.1 Å². The van der Waals surface area contributed by atoms with Crippen LogP contribution < -0.4 is 5.32 Å². The second-order valence-electron chi connectivity index (χ2n) is 6.66. The van der Waals surface area contributed by atoms with Crippen LogP contribution in [0.25, 0.3) is 0 Å². The molecule has 20 heavy (non-hydrogen) atoms. The highest BCUT2D eigenvalue weighted by atomic mass is 16.5. The van der Waals surface area contributed by atoms with E-state index < -0.39 is 0 Å². The number of hydrogen-bond acceptors (Lipinski definition) is 3. The largest absolute Gasteiger partial charge is 0.375 e. The molecule has 2 fully saturated rings. The zero-order valence-electron chi connectivity index (χ0n) is 13.6. The lowest BCUT2D eigenvalue weighted by molar-refractivity contribution is -0.0199. The molecule has 2 saturated heterocycles. The summed E-state index contributed by atoms with van der Waals surface area (Å²) in [6.45, 7) is 9.14. The lowest BCUT2D eigenvalue weighted by Crippen LogP contribution is -2.54. The maximum absolute atomic E-state index is 6.04. The number of likely N-dealkylation sites (tertiary alicyclic amines) is 1. The maximum atomic E-state index is 6.04. The van der Waals surface area contributed by atoms with Crippen LogP contribution in [0, 0.1) is 0 Å². The van der Waals surface area contributed by atoms with Crippen LogP contribution >= 0.6 is 0 Å². The molecule has 0 amide bonds. The fraction of sp³-hybridized carbons (Fsp3) is 1.00. The Labute approximate surface area is 125 Å². The minimum absolute atomic E-state index is 0.425. The van der Waals surface area contributed by atoms with Gasteiger partial charge in [-0.3, -0.25) is 4.90 Å². The molecule has 0 aliphatic carbocycles. The summed E-state index contributed by atoms with van der Waals surface area (Å²) in [5.74, 6) is 0. The molecule has 0 bridgehead atoms. The van der Waals surface area contributed by atoms with E-state index in [0.29, 0.717) is 12.1 Å². The van der Waals surface area contributed by atoms with Gasteiger partial charge in [-0.25, -0.2) is 0 Å². The summed E-state index contributed by atoms with van der Waals surface area (Å²) in [4.78, 5) is 2.66. The van der Waals surface area contributed by atoms with E-state index in [4.69, 9.17) is 4.74 Å². The number of ether oxygens (including phenoxy) is 1. The number of nitrogens with one attached hydrogen (secondary N) is 1. The molecule has 118 valence electrons. The monoisotopic (exact) mass is 282 g/mol. The Balaban J connectivity index is 1.67. The van der Waals surface area contributed by atoms with Gasteiger partial charge in [0.05, 0.1) is 6.10 Å². The molecule has 0 aromatic carbocycles. The number of piperidine rings is 1. The normalized spacial score (nSPS) is 29.7. The third-order valence-electron chi connectivity index (χ3n) is 5.00. The molecule has 2 rings (SSSR count). The predicted octanol–water partition coefficient (Wildman–Crippen LogP) is 3.19. The second-order valence-corrected chi connectivity index (χ2v) is 6.66. The van der Waals surface area contributed by atoms with Crippen molar-refractivity contribution in [3.8, 4) is 0 Å². The Morgan fingerprint density at radius 1 is 1.25 bits per heavy atom. The number of hydrogen-bond donors (Lipinski definition) is 1. The standard InChI is InChI=1S/C17H34N2O/c1-3-4-5-6-7-9-15(2)19-12-10-16-17(14-19)20-13-8-11-18-16/h15-18H,3-14H2,1-2H3/t15?,16-,17-/m1/s1. The van der Waals surface area contributed by atoms with Crippen molar-refractivity contribution in [3.05, 3.63) is 0 Å². The molecule has 0 radical (unpaired) electrons. The quantitative estimate of drug-likeness (QED) is 0.726. The van der Waals surface area contributed by atoms with E-state index >= 15 is 0 Å². The first-order chi connectivity index (χ1) is 9.81. The fourth-order valence-corrected chi connectivity index (χ4v) is 3.56. The topological polar surface area (TPSA) is 24.5 Å². The van der Waals surface area contributed by atoms with Gasteiger partial charge in [0.15, 0.2) is 0 Å². The van der Waals surface area contributed by atoms with E-state index in [1.165, 1.54) is 57.9 Å². The zero-order chi connectivity index (χ0) is 14.2.